The molecule has 1 aromatic rings. The van der Waals surface area contributed by atoms with Crippen LogP contribution in [0.1, 0.15) is 18.5 Å². The highest BCUT2D eigenvalue weighted by Crippen LogP contribution is 2.32. The Bertz CT molecular complexity index is 291. The average Bonchev–Trinajstić information content (AvgIpc) is 2.41. The molecule has 1 N–H and O–H groups in total. The molecular weight excluding hydrogens is 232 g/mol. The van der Waals surface area contributed by atoms with Gasteiger partial charge in [0, 0.05) is 7.05 Å². The molecule has 0 amide bonds. The van der Waals surface area contributed by atoms with Crippen molar-refractivity contribution in [2.75, 3.05) is 0 Å². The van der Waals surface area contributed by atoms with Crippen LogP contribution in [-0.2, 0) is 13.5 Å². The normalized spacial score (nSPS) is 27.3. The largest absolute Gasteiger partial charge is 0.393 e. The molecule has 1 saturated carbocycles. The number of aliphatic hydroxyl groups is 1. The molecular formula is C9H13BrN2O. The number of aromatic nitrogens is 2. The topological polar surface area (TPSA) is 38.0 Å². The van der Waals surface area contributed by atoms with Gasteiger partial charge in [0.15, 0.2) is 0 Å². The number of aryl methyl sites for hydroxylation is 1. The van der Waals surface area contributed by atoms with E-state index in [2.05, 4.69) is 21.0 Å². The summed E-state index contributed by atoms with van der Waals surface area (Å²) in [6, 6.07) is 0. The Labute approximate surface area is 85.9 Å². The van der Waals surface area contributed by atoms with E-state index in [4.69, 9.17) is 0 Å². The second-order valence-electron chi connectivity index (χ2n) is 3.67. The van der Waals surface area contributed by atoms with Gasteiger partial charge in [0.25, 0.3) is 0 Å². The SMILES string of the molecule is Cn1ncc(Br)c1CC1CCC1O. The fourth-order valence-corrected chi connectivity index (χ4v) is 2.21. The molecule has 2 unspecified atom stereocenters. The van der Waals surface area contributed by atoms with Crippen LogP contribution in [0.15, 0.2) is 10.7 Å². The molecule has 1 fully saturated rings. The first-order valence-corrected chi connectivity index (χ1v) is 5.32. The summed E-state index contributed by atoms with van der Waals surface area (Å²) in [5, 5.41) is 13.6. The van der Waals surface area contributed by atoms with E-state index >= 15 is 0 Å². The van der Waals surface area contributed by atoms with Gasteiger partial charge in [0.1, 0.15) is 0 Å². The van der Waals surface area contributed by atoms with Crippen LogP contribution in [-0.4, -0.2) is 21.0 Å². The van der Waals surface area contributed by atoms with Gasteiger partial charge in [-0.3, -0.25) is 4.68 Å². The molecule has 3 nitrogen and oxygen atoms in total. The van der Waals surface area contributed by atoms with E-state index in [0.29, 0.717) is 5.92 Å². The van der Waals surface area contributed by atoms with Gasteiger partial charge < -0.3 is 5.11 Å². The fraction of sp³-hybridized carbons (Fsp3) is 0.667. The maximum absolute atomic E-state index is 9.44. The van der Waals surface area contributed by atoms with Gasteiger partial charge in [-0.25, -0.2) is 0 Å². The van der Waals surface area contributed by atoms with Gasteiger partial charge in [-0.15, -0.1) is 0 Å². The number of hydrogen-bond donors (Lipinski definition) is 1. The highest BCUT2D eigenvalue weighted by molar-refractivity contribution is 9.10. The molecule has 2 rings (SSSR count). The molecule has 0 aromatic carbocycles. The summed E-state index contributed by atoms with van der Waals surface area (Å²) < 4.78 is 2.92. The second kappa shape index (κ2) is 3.42. The Kier molecular flexibility index (Phi) is 2.43. The third-order valence-electron chi connectivity index (χ3n) is 2.84. The van der Waals surface area contributed by atoms with Crippen molar-refractivity contribution in [2.24, 2.45) is 13.0 Å². The molecule has 13 heavy (non-hydrogen) atoms. The van der Waals surface area contributed by atoms with Crippen molar-refractivity contribution in [1.82, 2.24) is 9.78 Å². The molecule has 4 heteroatoms. The Morgan fingerprint density at radius 3 is 2.85 bits per heavy atom. The lowest BCUT2D eigenvalue weighted by molar-refractivity contribution is 0.0234. The first-order valence-electron chi connectivity index (χ1n) is 4.53. The Morgan fingerprint density at radius 1 is 1.69 bits per heavy atom. The van der Waals surface area contributed by atoms with E-state index in [1.165, 1.54) is 5.69 Å². The Hall–Kier alpha value is -0.350. The van der Waals surface area contributed by atoms with Crippen molar-refractivity contribution in [1.29, 1.82) is 0 Å². The van der Waals surface area contributed by atoms with Crippen LogP contribution in [0, 0.1) is 5.92 Å². The molecule has 0 saturated heterocycles. The molecule has 0 aliphatic heterocycles. The minimum Gasteiger partial charge on any atom is -0.393 e. The minimum atomic E-state index is -0.0956. The van der Waals surface area contributed by atoms with E-state index in [-0.39, 0.29) is 6.10 Å². The van der Waals surface area contributed by atoms with Crippen LogP contribution in [0.3, 0.4) is 0 Å². The van der Waals surface area contributed by atoms with Gasteiger partial charge >= 0.3 is 0 Å². The summed E-state index contributed by atoms with van der Waals surface area (Å²) in [6.45, 7) is 0. The van der Waals surface area contributed by atoms with Crippen molar-refractivity contribution in [3.8, 4) is 0 Å². The molecule has 1 aliphatic carbocycles. The number of nitrogens with zero attached hydrogens (tertiary/aromatic N) is 2. The lowest BCUT2D eigenvalue weighted by Crippen LogP contribution is -2.33. The predicted octanol–water partition coefficient (Wildman–Crippen LogP) is 1.50. The quantitative estimate of drug-likeness (QED) is 0.857. The molecule has 1 heterocycles. The van der Waals surface area contributed by atoms with Crippen molar-refractivity contribution in [3.05, 3.63) is 16.4 Å². The Morgan fingerprint density at radius 2 is 2.46 bits per heavy atom. The summed E-state index contributed by atoms with van der Waals surface area (Å²) in [4.78, 5) is 0. The average molecular weight is 245 g/mol. The van der Waals surface area contributed by atoms with E-state index in [0.717, 1.165) is 23.7 Å². The summed E-state index contributed by atoms with van der Waals surface area (Å²) in [6.07, 6.45) is 4.74. The smallest absolute Gasteiger partial charge is 0.0635 e. The van der Waals surface area contributed by atoms with E-state index < -0.39 is 0 Å². The maximum Gasteiger partial charge on any atom is 0.0635 e. The molecule has 2 atom stereocenters. The first kappa shape index (κ1) is 9.21. The lowest BCUT2D eigenvalue weighted by atomic mass is 9.79. The number of hydrogen-bond acceptors (Lipinski definition) is 2. The monoisotopic (exact) mass is 244 g/mol. The molecule has 72 valence electrons. The van der Waals surface area contributed by atoms with Crippen LogP contribution in [0.25, 0.3) is 0 Å². The van der Waals surface area contributed by atoms with Crippen LogP contribution in [0.4, 0.5) is 0 Å². The third-order valence-corrected chi connectivity index (χ3v) is 3.51. The zero-order valence-electron chi connectivity index (χ0n) is 7.57. The third kappa shape index (κ3) is 1.65. The Balaban J connectivity index is 2.08. The zero-order chi connectivity index (χ0) is 9.42. The van der Waals surface area contributed by atoms with Crippen LogP contribution >= 0.6 is 15.9 Å². The van der Waals surface area contributed by atoms with E-state index in [1.807, 2.05) is 11.7 Å². The highest BCUT2D eigenvalue weighted by atomic mass is 79.9. The highest BCUT2D eigenvalue weighted by Gasteiger charge is 2.30. The van der Waals surface area contributed by atoms with Crippen LogP contribution in [0.2, 0.25) is 0 Å². The molecule has 0 radical (unpaired) electrons. The van der Waals surface area contributed by atoms with Crippen LogP contribution in [0.5, 0.6) is 0 Å². The van der Waals surface area contributed by atoms with Crippen molar-refractivity contribution >= 4 is 15.9 Å². The summed E-state index contributed by atoms with van der Waals surface area (Å²) in [7, 11) is 1.94. The number of rotatable bonds is 2. The van der Waals surface area contributed by atoms with Gasteiger partial charge in [-0.1, -0.05) is 0 Å². The van der Waals surface area contributed by atoms with Gasteiger partial charge in [0.2, 0.25) is 0 Å². The molecule has 0 bridgehead atoms. The zero-order valence-corrected chi connectivity index (χ0v) is 9.16. The first-order chi connectivity index (χ1) is 6.18. The standard InChI is InChI=1S/C9H13BrN2O/c1-12-8(7(10)5-11-12)4-6-2-3-9(6)13/h5-6,9,13H,2-4H2,1H3. The molecule has 1 aliphatic rings. The summed E-state index contributed by atoms with van der Waals surface area (Å²) in [5.74, 6) is 0.437. The van der Waals surface area contributed by atoms with Crippen molar-refractivity contribution in [3.63, 3.8) is 0 Å². The van der Waals surface area contributed by atoms with E-state index in [9.17, 15) is 5.11 Å². The molecule has 1 aromatic heterocycles. The predicted molar refractivity (Wildman–Crippen MR) is 53.3 cm³/mol. The molecule has 0 spiro atoms. The fourth-order valence-electron chi connectivity index (χ4n) is 1.70. The van der Waals surface area contributed by atoms with Gasteiger partial charge in [-0.05, 0) is 41.1 Å². The van der Waals surface area contributed by atoms with E-state index in [1.54, 1.807) is 6.20 Å². The van der Waals surface area contributed by atoms with Crippen molar-refractivity contribution in [2.45, 2.75) is 25.4 Å². The maximum atomic E-state index is 9.44. The number of aliphatic hydroxyl groups excluding tert-OH is 1. The summed E-state index contributed by atoms with van der Waals surface area (Å²) in [5.41, 5.74) is 1.18. The minimum absolute atomic E-state index is 0.0956. The number of halogens is 1. The van der Waals surface area contributed by atoms with Gasteiger partial charge in [0.05, 0.1) is 22.5 Å². The second-order valence-corrected chi connectivity index (χ2v) is 4.53. The summed E-state index contributed by atoms with van der Waals surface area (Å²) >= 11 is 3.45. The van der Waals surface area contributed by atoms with Gasteiger partial charge in [-0.2, -0.15) is 5.10 Å². The lowest BCUT2D eigenvalue weighted by Gasteiger charge is -2.32. The van der Waals surface area contributed by atoms with Crippen LogP contribution < -0.4 is 0 Å². The van der Waals surface area contributed by atoms with Crippen molar-refractivity contribution < 1.29 is 5.11 Å².